The van der Waals surface area contributed by atoms with Crippen molar-refractivity contribution in [2.24, 2.45) is 11.3 Å². The van der Waals surface area contributed by atoms with Gasteiger partial charge in [-0.1, -0.05) is 52.5 Å². The van der Waals surface area contributed by atoms with E-state index in [1.54, 1.807) is 31.7 Å². The second-order valence-corrected chi connectivity index (χ2v) is 9.08. The zero-order valence-electron chi connectivity index (χ0n) is 20.0. The Labute approximate surface area is 192 Å². The molecule has 0 unspecified atom stereocenters. The number of carbonyl (C=O) groups excluding carboxylic acids is 2. The van der Waals surface area contributed by atoms with Crippen LogP contribution in [0.3, 0.4) is 0 Å². The van der Waals surface area contributed by atoms with Crippen LogP contribution in [-0.2, 0) is 4.79 Å². The summed E-state index contributed by atoms with van der Waals surface area (Å²) in [5.41, 5.74) is 1.97. The predicted molar refractivity (Wildman–Crippen MR) is 131 cm³/mol. The van der Waals surface area contributed by atoms with Gasteiger partial charge in [0.15, 0.2) is 5.78 Å². The molecule has 6 heteroatoms. The van der Waals surface area contributed by atoms with Crippen LogP contribution in [0.15, 0.2) is 42.4 Å². The third kappa shape index (κ3) is 6.74. The number of nitrogens with zero attached hydrogens (tertiary/aromatic N) is 2. The number of aromatic nitrogens is 2. The summed E-state index contributed by atoms with van der Waals surface area (Å²) in [5.74, 6) is -0.0902. The molecule has 2 rings (SSSR count). The molecular weight excluding hydrogens is 405 g/mol. The van der Waals surface area contributed by atoms with Crippen LogP contribution in [-0.4, -0.2) is 21.5 Å². The largest absolute Gasteiger partial charge is 0.328 e. The van der Waals surface area contributed by atoms with E-state index < -0.39 is 11.2 Å². The molecule has 32 heavy (non-hydrogen) atoms. The number of carbonyl (C=O) groups is 2. The molecule has 5 nitrogen and oxygen atoms in total. The van der Waals surface area contributed by atoms with Gasteiger partial charge in [-0.05, 0) is 50.3 Å². The topological polar surface area (TPSA) is 64.0 Å². The Morgan fingerprint density at radius 2 is 1.97 bits per heavy atom. The number of rotatable bonds is 9. The van der Waals surface area contributed by atoms with Gasteiger partial charge in [0.05, 0.1) is 11.3 Å². The Balaban J connectivity index is 0.00000544. The van der Waals surface area contributed by atoms with E-state index in [2.05, 4.69) is 23.1 Å². The molecule has 1 aromatic heterocycles. The van der Waals surface area contributed by atoms with Crippen molar-refractivity contribution < 1.29 is 15.4 Å². The highest BCUT2D eigenvalue weighted by atomic mass is 19.1. The van der Waals surface area contributed by atoms with Gasteiger partial charge < -0.3 is 5.32 Å². The average molecular weight is 442 g/mol. The van der Waals surface area contributed by atoms with Gasteiger partial charge in [-0.15, -0.1) is 0 Å². The van der Waals surface area contributed by atoms with Gasteiger partial charge in [0, 0.05) is 25.2 Å². The summed E-state index contributed by atoms with van der Waals surface area (Å²) in [4.78, 5) is 25.3. The molecule has 0 spiro atoms. The van der Waals surface area contributed by atoms with E-state index in [4.69, 9.17) is 0 Å². The Hall–Kier alpha value is -3.02. The van der Waals surface area contributed by atoms with Crippen LogP contribution in [0.4, 0.5) is 4.39 Å². The fourth-order valence-corrected chi connectivity index (χ4v) is 2.84. The first kappa shape index (κ1) is 25.2. The van der Waals surface area contributed by atoms with E-state index in [9.17, 15) is 14.0 Å². The lowest BCUT2D eigenvalue weighted by atomic mass is 9.96. The molecule has 1 saturated carbocycles. The van der Waals surface area contributed by atoms with Crippen LogP contribution in [0.1, 0.15) is 84.0 Å². The SMILES string of the molecule is C=C(/C=C\C(F)=C/C)c1nn(/C=C(\C)NC(=O)C(C)(C)C)c(/C=C/C2CC2)c1C(=O)CC.[HH]. The van der Waals surface area contributed by atoms with Crippen LogP contribution in [0.2, 0.25) is 0 Å². The molecule has 1 fully saturated rings. The monoisotopic (exact) mass is 441 g/mol. The van der Waals surface area contributed by atoms with Crippen LogP contribution >= 0.6 is 0 Å². The molecule has 174 valence electrons. The maximum absolute atomic E-state index is 13.6. The van der Waals surface area contributed by atoms with Gasteiger partial charge in [0.1, 0.15) is 11.5 Å². The second kappa shape index (κ2) is 10.5. The molecule has 1 aromatic rings. The minimum absolute atomic E-state index is 0. The van der Waals surface area contributed by atoms with Crippen molar-refractivity contribution in [2.45, 2.75) is 60.8 Å². The van der Waals surface area contributed by atoms with Crippen molar-refractivity contribution in [3.05, 3.63) is 59.4 Å². The van der Waals surface area contributed by atoms with Crippen LogP contribution < -0.4 is 5.32 Å². The Morgan fingerprint density at radius 3 is 2.50 bits per heavy atom. The number of nitrogens with one attached hydrogen (secondary N) is 1. The van der Waals surface area contributed by atoms with E-state index in [0.717, 1.165) is 12.8 Å². The Kier molecular flexibility index (Phi) is 8.31. The molecule has 1 heterocycles. The molecule has 1 amide bonds. The average Bonchev–Trinajstić information content (AvgIpc) is 3.49. The highest BCUT2D eigenvalue weighted by Gasteiger charge is 2.24. The molecule has 0 saturated heterocycles. The lowest BCUT2D eigenvalue weighted by Crippen LogP contribution is -2.33. The van der Waals surface area contributed by atoms with Crippen LogP contribution in [0, 0.1) is 11.3 Å². The van der Waals surface area contributed by atoms with Crippen molar-refractivity contribution in [1.29, 1.82) is 0 Å². The van der Waals surface area contributed by atoms with E-state index >= 15 is 0 Å². The van der Waals surface area contributed by atoms with Gasteiger partial charge in [-0.25, -0.2) is 9.07 Å². The maximum Gasteiger partial charge on any atom is 0.229 e. The number of Topliss-reactive ketones (excluding diaryl/α,β-unsaturated/α-hetero) is 1. The summed E-state index contributed by atoms with van der Waals surface area (Å²) in [6.07, 6.45) is 12.4. The maximum atomic E-state index is 13.6. The third-order valence-corrected chi connectivity index (χ3v) is 5.03. The second-order valence-electron chi connectivity index (χ2n) is 9.08. The summed E-state index contributed by atoms with van der Waals surface area (Å²) in [5, 5.41) is 7.50. The van der Waals surface area contributed by atoms with E-state index in [1.807, 2.05) is 26.8 Å². The number of hydrogen-bond donors (Lipinski definition) is 1. The van der Waals surface area contributed by atoms with Gasteiger partial charge >= 0.3 is 0 Å². The zero-order valence-corrected chi connectivity index (χ0v) is 20.0. The molecule has 1 N–H and O–H groups in total. The molecule has 0 atom stereocenters. The molecule has 0 aromatic carbocycles. The normalized spacial score (nSPS) is 15.6. The molecular formula is C26H36FN3O2. The summed E-state index contributed by atoms with van der Waals surface area (Å²) >= 11 is 0. The first-order valence-electron chi connectivity index (χ1n) is 11.0. The van der Waals surface area contributed by atoms with E-state index in [1.165, 1.54) is 18.2 Å². The Bertz CT molecular complexity index is 1020. The van der Waals surface area contributed by atoms with E-state index in [-0.39, 0.29) is 13.1 Å². The minimum Gasteiger partial charge on any atom is -0.328 e. The number of amides is 1. The summed E-state index contributed by atoms with van der Waals surface area (Å²) in [6.45, 7) is 14.7. The zero-order chi connectivity index (χ0) is 24.1. The van der Waals surface area contributed by atoms with Crippen molar-refractivity contribution >= 4 is 29.5 Å². The number of halogens is 1. The van der Waals surface area contributed by atoms with Crippen molar-refractivity contribution in [3.8, 4) is 0 Å². The van der Waals surface area contributed by atoms with Crippen LogP contribution in [0.5, 0.6) is 0 Å². The number of ketones is 1. The number of allylic oxidation sites excluding steroid dienone is 7. The lowest BCUT2D eigenvalue weighted by molar-refractivity contribution is -0.127. The van der Waals surface area contributed by atoms with Crippen molar-refractivity contribution in [2.75, 3.05) is 0 Å². The van der Waals surface area contributed by atoms with Crippen molar-refractivity contribution in [3.63, 3.8) is 0 Å². The summed E-state index contributed by atoms with van der Waals surface area (Å²) in [6, 6.07) is 0. The van der Waals surface area contributed by atoms with E-state index in [0.29, 0.717) is 40.6 Å². The fraction of sp³-hybridized carbons (Fsp3) is 0.423. The van der Waals surface area contributed by atoms with Gasteiger partial charge in [-0.2, -0.15) is 5.10 Å². The molecule has 0 radical (unpaired) electrons. The fourth-order valence-electron chi connectivity index (χ4n) is 2.84. The van der Waals surface area contributed by atoms with Crippen LogP contribution in [0.25, 0.3) is 17.8 Å². The van der Waals surface area contributed by atoms with Crippen molar-refractivity contribution in [1.82, 2.24) is 15.1 Å². The molecule has 1 aliphatic carbocycles. The predicted octanol–water partition coefficient (Wildman–Crippen LogP) is 6.57. The first-order valence-corrected chi connectivity index (χ1v) is 11.0. The number of hydrogen-bond acceptors (Lipinski definition) is 3. The van der Waals surface area contributed by atoms with Gasteiger partial charge in [0.25, 0.3) is 0 Å². The first-order chi connectivity index (χ1) is 15.0. The quantitative estimate of drug-likeness (QED) is 0.348. The molecule has 0 aliphatic heterocycles. The Morgan fingerprint density at radius 1 is 1.31 bits per heavy atom. The van der Waals surface area contributed by atoms with Gasteiger partial charge in [0.2, 0.25) is 5.91 Å². The third-order valence-electron chi connectivity index (χ3n) is 5.03. The van der Waals surface area contributed by atoms with Gasteiger partial charge in [-0.3, -0.25) is 9.59 Å². The highest BCUT2D eigenvalue weighted by molar-refractivity contribution is 6.03. The highest BCUT2D eigenvalue weighted by Crippen LogP contribution is 2.32. The lowest BCUT2D eigenvalue weighted by Gasteiger charge is -2.17. The molecule has 0 bridgehead atoms. The standard InChI is InChI=1S/C26H34FN3O2.H2/c1-8-20(27)14-10-17(3)24-23(22(31)9-2)21(15-13-19-11-12-19)30(29-24)16-18(4)28-25(32)26(5,6)7;/h8,10,13-16,19H,3,9,11-12H2,1-2,4-7H3,(H,28,32);1H/b14-10-,15-13+,18-16+,20-8+;. The summed E-state index contributed by atoms with van der Waals surface area (Å²) in [7, 11) is 0. The summed E-state index contributed by atoms with van der Waals surface area (Å²) < 4.78 is 15.2. The molecule has 1 aliphatic rings. The smallest absolute Gasteiger partial charge is 0.229 e. The minimum atomic E-state index is -0.543.